The zero-order valence-corrected chi connectivity index (χ0v) is 14.7. The van der Waals surface area contributed by atoms with E-state index in [0.717, 1.165) is 12.8 Å². The lowest BCUT2D eigenvalue weighted by Crippen LogP contribution is -2.30. The number of carboxylic acid groups (broad SMARTS) is 1. The normalized spacial score (nSPS) is 22.6. The molecule has 1 amide bonds. The second-order valence-electron chi connectivity index (χ2n) is 6.57. The molecule has 2 fully saturated rings. The quantitative estimate of drug-likeness (QED) is 0.844. The SMILES string of the molecule is COc1cc(C(=O)N2C[C@H](C(=O)O)[C@@H](C3CC3)C2)cc(OC)c1OC. The topological polar surface area (TPSA) is 85.3 Å². The molecule has 2 aliphatic rings. The van der Waals surface area contributed by atoms with E-state index in [9.17, 15) is 14.7 Å². The standard InChI is InChI=1S/C18H23NO6/c1-23-14-6-11(7-15(24-2)16(14)25-3)17(20)19-8-12(10-4-5-10)13(9-19)18(21)22/h6-7,10,12-13H,4-5,8-9H2,1-3H3,(H,21,22)/t12-,13+/m1/s1. The summed E-state index contributed by atoms with van der Waals surface area (Å²) in [5, 5.41) is 9.47. The molecule has 1 saturated carbocycles. The van der Waals surface area contributed by atoms with Gasteiger partial charge in [0.1, 0.15) is 0 Å². The Labute approximate surface area is 146 Å². The van der Waals surface area contributed by atoms with E-state index in [1.165, 1.54) is 21.3 Å². The van der Waals surface area contributed by atoms with Crippen molar-refractivity contribution in [2.24, 2.45) is 17.8 Å². The van der Waals surface area contributed by atoms with Crippen LogP contribution >= 0.6 is 0 Å². The molecule has 7 heteroatoms. The number of carbonyl (C=O) groups excluding carboxylic acids is 1. The summed E-state index contributed by atoms with van der Waals surface area (Å²) in [6, 6.07) is 3.20. The third kappa shape index (κ3) is 3.23. The molecule has 0 aromatic heterocycles. The minimum Gasteiger partial charge on any atom is -0.493 e. The number of ether oxygens (including phenoxy) is 3. The van der Waals surface area contributed by atoms with Gasteiger partial charge in [-0.15, -0.1) is 0 Å². The molecule has 1 N–H and O–H groups in total. The van der Waals surface area contributed by atoms with Gasteiger partial charge >= 0.3 is 5.97 Å². The number of rotatable bonds is 6. The van der Waals surface area contributed by atoms with Gasteiger partial charge in [0.05, 0.1) is 27.2 Å². The highest BCUT2D eigenvalue weighted by Crippen LogP contribution is 2.45. The van der Waals surface area contributed by atoms with Crippen molar-refractivity contribution in [3.05, 3.63) is 17.7 Å². The Morgan fingerprint density at radius 2 is 1.64 bits per heavy atom. The number of aliphatic carboxylic acids is 1. The molecule has 1 aliphatic heterocycles. The minimum atomic E-state index is -0.822. The van der Waals surface area contributed by atoms with Gasteiger partial charge in [0.25, 0.3) is 5.91 Å². The van der Waals surface area contributed by atoms with Crippen LogP contribution in [0.2, 0.25) is 0 Å². The molecule has 0 bridgehead atoms. The van der Waals surface area contributed by atoms with Gasteiger partial charge in [0.15, 0.2) is 11.5 Å². The molecule has 136 valence electrons. The number of nitrogens with zero attached hydrogens (tertiary/aromatic N) is 1. The van der Waals surface area contributed by atoms with Crippen molar-refractivity contribution in [1.29, 1.82) is 0 Å². The number of hydrogen-bond acceptors (Lipinski definition) is 5. The van der Waals surface area contributed by atoms with Gasteiger partial charge in [-0.25, -0.2) is 0 Å². The van der Waals surface area contributed by atoms with Crippen molar-refractivity contribution < 1.29 is 28.9 Å². The minimum absolute atomic E-state index is 0.0449. The first kappa shape index (κ1) is 17.4. The van der Waals surface area contributed by atoms with Crippen LogP contribution in [0, 0.1) is 17.8 Å². The number of carboxylic acids is 1. The molecule has 7 nitrogen and oxygen atoms in total. The third-order valence-electron chi connectivity index (χ3n) is 5.11. The number of hydrogen-bond donors (Lipinski definition) is 1. The molecule has 3 rings (SSSR count). The van der Waals surface area contributed by atoms with Gasteiger partial charge in [-0.2, -0.15) is 0 Å². The lowest BCUT2D eigenvalue weighted by atomic mass is 9.92. The number of amides is 1. The fourth-order valence-electron chi connectivity index (χ4n) is 3.65. The van der Waals surface area contributed by atoms with E-state index in [1.807, 2.05) is 0 Å². The second-order valence-corrected chi connectivity index (χ2v) is 6.57. The third-order valence-corrected chi connectivity index (χ3v) is 5.11. The van der Waals surface area contributed by atoms with Crippen molar-refractivity contribution in [2.45, 2.75) is 12.8 Å². The lowest BCUT2D eigenvalue weighted by Gasteiger charge is -2.19. The Morgan fingerprint density at radius 3 is 2.08 bits per heavy atom. The van der Waals surface area contributed by atoms with E-state index < -0.39 is 11.9 Å². The maximum absolute atomic E-state index is 12.9. The second kappa shape index (κ2) is 6.82. The highest BCUT2D eigenvalue weighted by atomic mass is 16.5. The zero-order valence-electron chi connectivity index (χ0n) is 14.7. The number of methoxy groups -OCH3 is 3. The number of likely N-dealkylation sites (tertiary alicyclic amines) is 1. The molecule has 0 spiro atoms. The summed E-state index contributed by atoms with van der Waals surface area (Å²) in [7, 11) is 4.48. The number of benzene rings is 1. The largest absolute Gasteiger partial charge is 0.493 e. The Morgan fingerprint density at radius 1 is 1.04 bits per heavy atom. The van der Waals surface area contributed by atoms with Crippen molar-refractivity contribution in [1.82, 2.24) is 4.90 Å². The van der Waals surface area contributed by atoms with Crippen LogP contribution < -0.4 is 14.2 Å². The van der Waals surface area contributed by atoms with Crippen molar-refractivity contribution in [3.8, 4) is 17.2 Å². The van der Waals surface area contributed by atoms with Crippen LogP contribution in [0.25, 0.3) is 0 Å². The summed E-state index contributed by atoms with van der Waals surface area (Å²) in [6.07, 6.45) is 2.11. The maximum Gasteiger partial charge on any atom is 0.308 e. The predicted molar refractivity (Wildman–Crippen MR) is 89.3 cm³/mol. The van der Waals surface area contributed by atoms with Gasteiger partial charge in [0.2, 0.25) is 5.75 Å². The predicted octanol–water partition coefficient (Wildman–Crippen LogP) is 1.90. The molecule has 25 heavy (non-hydrogen) atoms. The molecule has 1 heterocycles. The summed E-state index contributed by atoms with van der Waals surface area (Å²) >= 11 is 0. The van der Waals surface area contributed by atoms with Crippen LogP contribution in [0.5, 0.6) is 17.2 Å². The average Bonchev–Trinajstić information content (AvgIpc) is 3.37. The van der Waals surface area contributed by atoms with Crippen molar-refractivity contribution >= 4 is 11.9 Å². The smallest absolute Gasteiger partial charge is 0.308 e. The lowest BCUT2D eigenvalue weighted by molar-refractivity contribution is -0.142. The molecule has 0 radical (unpaired) electrons. The summed E-state index contributed by atoms with van der Waals surface area (Å²) in [5.41, 5.74) is 0.398. The maximum atomic E-state index is 12.9. The van der Waals surface area contributed by atoms with Crippen LogP contribution in [0.4, 0.5) is 0 Å². The van der Waals surface area contributed by atoms with Gasteiger partial charge < -0.3 is 24.2 Å². The fourth-order valence-corrected chi connectivity index (χ4v) is 3.65. The van der Waals surface area contributed by atoms with E-state index in [1.54, 1.807) is 17.0 Å². The van der Waals surface area contributed by atoms with Crippen molar-refractivity contribution in [3.63, 3.8) is 0 Å². The summed E-state index contributed by atoms with van der Waals surface area (Å²) in [5.74, 6) is 0.171. The van der Waals surface area contributed by atoms with Crippen LogP contribution in [0.3, 0.4) is 0 Å². The first-order valence-electron chi connectivity index (χ1n) is 8.32. The van der Waals surface area contributed by atoms with Crippen LogP contribution in [0.1, 0.15) is 23.2 Å². The summed E-state index contributed by atoms with van der Waals surface area (Å²) in [6.45, 7) is 0.725. The van der Waals surface area contributed by atoms with E-state index in [0.29, 0.717) is 35.3 Å². The van der Waals surface area contributed by atoms with Crippen LogP contribution in [0.15, 0.2) is 12.1 Å². The Hall–Kier alpha value is -2.44. The molecule has 1 aliphatic carbocycles. The molecule has 1 aromatic rings. The Bertz CT molecular complexity index is 659. The van der Waals surface area contributed by atoms with E-state index in [-0.39, 0.29) is 18.4 Å². The van der Waals surface area contributed by atoms with Gasteiger partial charge in [-0.1, -0.05) is 0 Å². The highest BCUT2D eigenvalue weighted by Gasteiger charge is 2.47. The molecular formula is C18H23NO6. The molecule has 1 saturated heterocycles. The van der Waals surface area contributed by atoms with E-state index in [2.05, 4.69) is 0 Å². The number of carbonyl (C=O) groups is 2. The fraction of sp³-hybridized carbons (Fsp3) is 0.556. The zero-order chi connectivity index (χ0) is 18.1. The van der Waals surface area contributed by atoms with Gasteiger partial charge in [0, 0.05) is 18.7 Å². The molecule has 0 unspecified atom stereocenters. The monoisotopic (exact) mass is 349 g/mol. The molecule has 2 atom stereocenters. The Kier molecular flexibility index (Phi) is 4.74. The highest BCUT2D eigenvalue weighted by molar-refractivity contribution is 5.96. The molecular weight excluding hydrogens is 326 g/mol. The molecule has 1 aromatic carbocycles. The van der Waals surface area contributed by atoms with E-state index in [4.69, 9.17) is 14.2 Å². The first-order chi connectivity index (χ1) is 12.0. The van der Waals surface area contributed by atoms with E-state index >= 15 is 0 Å². The summed E-state index contributed by atoms with van der Waals surface area (Å²) < 4.78 is 15.9. The first-order valence-corrected chi connectivity index (χ1v) is 8.32. The summed E-state index contributed by atoms with van der Waals surface area (Å²) in [4.78, 5) is 26.1. The average molecular weight is 349 g/mol. The van der Waals surface area contributed by atoms with Gasteiger partial charge in [-0.05, 0) is 36.8 Å². The van der Waals surface area contributed by atoms with Crippen LogP contribution in [-0.2, 0) is 4.79 Å². The Balaban J connectivity index is 1.87. The van der Waals surface area contributed by atoms with Crippen molar-refractivity contribution in [2.75, 3.05) is 34.4 Å². The van der Waals surface area contributed by atoms with Crippen LogP contribution in [-0.4, -0.2) is 56.3 Å². The van der Waals surface area contributed by atoms with Gasteiger partial charge in [-0.3, -0.25) is 9.59 Å².